The van der Waals surface area contributed by atoms with Crippen molar-refractivity contribution >= 4 is 17.6 Å². The standard InChI is InChI=1S/C19H24N4O3/c1-3-15-4-6-16(7-5-15)19(25)23-10-8-22(9-11-23)13-18(24)20-17-12-14(2)26-21-17/h4-7,12H,3,8-11,13H2,1-2H3,(H,20,21,24). The number of anilines is 1. The smallest absolute Gasteiger partial charge is 0.253 e. The molecule has 0 unspecified atom stereocenters. The highest BCUT2D eigenvalue weighted by Gasteiger charge is 2.23. The molecule has 0 aliphatic carbocycles. The summed E-state index contributed by atoms with van der Waals surface area (Å²) in [5, 5.41) is 6.47. The van der Waals surface area contributed by atoms with Crippen LogP contribution < -0.4 is 5.32 Å². The number of nitrogens with zero attached hydrogens (tertiary/aromatic N) is 3. The summed E-state index contributed by atoms with van der Waals surface area (Å²) < 4.78 is 4.93. The fraction of sp³-hybridized carbons (Fsp3) is 0.421. The molecule has 1 aromatic carbocycles. The van der Waals surface area contributed by atoms with Crippen LogP contribution in [0.5, 0.6) is 0 Å². The van der Waals surface area contributed by atoms with Crippen LogP contribution in [0.1, 0.15) is 28.6 Å². The third kappa shape index (κ3) is 4.49. The molecule has 1 aliphatic rings. The van der Waals surface area contributed by atoms with E-state index in [9.17, 15) is 9.59 Å². The zero-order chi connectivity index (χ0) is 18.5. The molecule has 0 saturated carbocycles. The zero-order valence-corrected chi connectivity index (χ0v) is 15.2. The monoisotopic (exact) mass is 356 g/mol. The summed E-state index contributed by atoms with van der Waals surface area (Å²) in [4.78, 5) is 28.5. The number of hydrogen-bond acceptors (Lipinski definition) is 5. The van der Waals surface area contributed by atoms with Gasteiger partial charge >= 0.3 is 0 Å². The Balaban J connectivity index is 1.47. The summed E-state index contributed by atoms with van der Waals surface area (Å²) in [5.41, 5.74) is 1.94. The minimum Gasteiger partial charge on any atom is -0.360 e. The molecule has 138 valence electrons. The molecule has 1 fully saturated rings. The maximum atomic E-state index is 12.6. The van der Waals surface area contributed by atoms with Gasteiger partial charge in [-0.3, -0.25) is 14.5 Å². The van der Waals surface area contributed by atoms with Crippen molar-refractivity contribution in [2.75, 3.05) is 38.0 Å². The van der Waals surface area contributed by atoms with Crippen LogP contribution in [-0.2, 0) is 11.2 Å². The number of aryl methyl sites for hydroxylation is 2. The lowest BCUT2D eigenvalue weighted by Crippen LogP contribution is -2.50. The molecule has 0 radical (unpaired) electrons. The molecule has 2 amide bonds. The number of amides is 2. The van der Waals surface area contributed by atoms with E-state index in [1.165, 1.54) is 5.56 Å². The van der Waals surface area contributed by atoms with E-state index in [2.05, 4.69) is 17.4 Å². The highest BCUT2D eigenvalue weighted by Crippen LogP contribution is 2.11. The Labute approximate surface area is 152 Å². The van der Waals surface area contributed by atoms with Crippen LogP contribution in [0.4, 0.5) is 5.82 Å². The van der Waals surface area contributed by atoms with Gasteiger partial charge in [0, 0.05) is 37.8 Å². The topological polar surface area (TPSA) is 78.7 Å². The molecule has 0 bridgehead atoms. The van der Waals surface area contributed by atoms with E-state index >= 15 is 0 Å². The first-order valence-corrected chi connectivity index (χ1v) is 8.89. The highest BCUT2D eigenvalue weighted by atomic mass is 16.5. The maximum absolute atomic E-state index is 12.6. The van der Waals surface area contributed by atoms with Crippen molar-refractivity contribution in [2.45, 2.75) is 20.3 Å². The number of hydrogen-bond donors (Lipinski definition) is 1. The molecular formula is C19H24N4O3. The normalized spacial score (nSPS) is 15.1. The van der Waals surface area contributed by atoms with Gasteiger partial charge in [0.15, 0.2) is 5.82 Å². The number of carbonyl (C=O) groups is 2. The van der Waals surface area contributed by atoms with Crippen molar-refractivity contribution in [1.82, 2.24) is 15.0 Å². The average Bonchev–Trinajstić information content (AvgIpc) is 3.06. The SMILES string of the molecule is CCc1ccc(C(=O)N2CCN(CC(=O)Nc3cc(C)on3)CC2)cc1. The van der Waals surface area contributed by atoms with Crippen LogP contribution in [0.2, 0.25) is 0 Å². The number of aromatic nitrogens is 1. The van der Waals surface area contributed by atoms with Crippen molar-refractivity contribution in [3.8, 4) is 0 Å². The van der Waals surface area contributed by atoms with Crippen LogP contribution in [0.25, 0.3) is 0 Å². The molecule has 3 rings (SSSR count). The molecule has 7 heteroatoms. The third-order valence-corrected chi connectivity index (χ3v) is 4.53. The largest absolute Gasteiger partial charge is 0.360 e. The number of piperazine rings is 1. The van der Waals surface area contributed by atoms with Gasteiger partial charge in [0.05, 0.1) is 6.54 Å². The number of nitrogens with one attached hydrogen (secondary N) is 1. The first-order chi connectivity index (χ1) is 12.5. The van der Waals surface area contributed by atoms with Crippen LogP contribution in [0.15, 0.2) is 34.9 Å². The van der Waals surface area contributed by atoms with E-state index in [4.69, 9.17) is 4.52 Å². The van der Waals surface area contributed by atoms with Gasteiger partial charge < -0.3 is 14.7 Å². The van der Waals surface area contributed by atoms with Gasteiger partial charge in [-0.1, -0.05) is 24.2 Å². The summed E-state index contributed by atoms with van der Waals surface area (Å²) in [7, 11) is 0. The van der Waals surface area contributed by atoms with Gasteiger partial charge in [0.1, 0.15) is 5.76 Å². The first kappa shape index (κ1) is 18.1. The molecule has 2 heterocycles. The molecule has 1 N–H and O–H groups in total. The van der Waals surface area contributed by atoms with Gasteiger partial charge in [-0.05, 0) is 31.0 Å². The van der Waals surface area contributed by atoms with Crippen molar-refractivity contribution in [3.05, 3.63) is 47.2 Å². The van der Waals surface area contributed by atoms with Crippen LogP contribution in [-0.4, -0.2) is 59.5 Å². The van der Waals surface area contributed by atoms with E-state index in [0.717, 1.165) is 12.0 Å². The van der Waals surface area contributed by atoms with Crippen LogP contribution >= 0.6 is 0 Å². The van der Waals surface area contributed by atoms with E-state index in [1.807, 2.05) is 34.1 Å². The van der Waals surface area contributed by atoms with Crippen molar-refractivity contribution in [2.24, 2.45) is 0 Å². The van der Waals surface area contributed by atoms with Gasteiger partial charge in [0.25, 0.3) is 5.91 Å². The third-order valence-electron chi connectivity index (χ3n) is 4.53. The second-order valence-corrected chi connectivity index (χ2v) is 6.49. The minimum absolute atomic E-state index is 0.0508. The fourth-order valence-electron chi connectivity index (χ4n) is 2.99. The van der Waals surface area contributed by atoms with Gasteiger partial charge in [0.2, 0.25) is 5.91 Å². The Kier molecular flexibility index (Phi) is 5.68. The van der Waals surface area contributed by atoms with Crippen molar-refractivity contribution < 1.29 is 14.1 Å². The van der Waals surface area contributed by atoms with E-state index in [1.54, 1.807) is 13.0 Å². The average molecular weight is 356 g/mol. The Morgan fingerprint density at radius 1 is 1.15 bits per heavy atom. The molecule has 1 saturated heterocycles. The molecule has 26 heavy (non-hydrogen) atoms. The summed E-state index contributed by atoms with van der Waals surface area (Å²) >= 11 is 0. The zero-order valence-electron chi connectivity index (χ0n) is 15.2. The molecule has 2 aromatic rings. The summed E-state index contributed by atoms with van der Waals surface area (Å²) in [5.74, 6) is 0.999. The predicted molar refractivity (Wildman–Crippen MR) is 98.0 cm³/mol. The Morgan fingerprint density at radius 2 is 1.85 bits per heavy atom. The highest BCUT2D eigenvalue weighted by molar-refractivity contribution is 5.94. The Bertz CT molecular complexity index is 761. The Hall–Kier alpha value is -2.67. The van der Waals surface area contributed by atoms with E-state index in [0.29, 0.717) is 37.8 Å². The van der Waals surface area contributed by atoms with Gasteiger partial charge in [-0.25, -0.2) is 0 Å². The molecular weight excluding hydrogens is 332 g/mol. The molecule has 0 spiro atoms. The molecule has 1 aliphatic heterocycles. The Morgan fingerprint density at radius 3 is 2.42 bits per heavy atom. The molecule has 1 aromatic heterocycles. The van der Waals surface area contributed by atoms with Crippen LogP contribution in [0.3, 0.4) is 0 Å². The summed E-state index contributed by atoms with van der Waals surface area (Å²) in [6.07, 6.45) is 0.961. The maximum Gasteiger partial charge on any atom is 0.253 e. The van der Waals surface area contributed by atoms with Crippen molar-refractivity contribution in [1.29, 1.82) is 0 Å². The van der Waals surface area contributed by atoms with Crippen LogP contribution in [0, 0.1) is 6.92 Å². The van der Waals surface area contributed by atoms with E-state index in [-0.39, 0.29) is 18.4 Å². The number of benzene rings is 1. The molecule has 0 atom stereocenters. The lowest BCUT2D eigenvalue weighted by molar-refractivity contribution is -0.117. The number of carbonyl (C=O) groups excluding carboxylic acids is 2. The van der Waals surface area contributed by atoms with Gasteiger partial charge in [-0.2, -0.15) is 0 Å². The molecule has 7 nitrogen and oxygen atoms in total. The summed E-state index contributed by atoms with van der Waals surface area (Å²) in [6, 6.07) is 9.46. The second-order valence-electron chi connectivity index (χ2n) is 6.49. The van der Waals surface area contributed by atoms with Crippen molar-refractivity contribution in [3.63, 3.8) is 0 Å². The fourth-order valence-corrected chi connectivity index (χ4v) is 2.99. The second kappa shape index (κ2) is 8.14. The predicted octanol–water partition coefficient (Wildman–Crippen LogP) is 1.94. The van der Waals surface area contributed by atoms with E-state index < -0.39 is 0 Å². The summed E-state index contributed by atoms with van der Waals surface area (Å²) in [6.45, 7) is 6.72. The van der Waals surface area contributed by atoms with Gasteiger partial charge in [-0.15, -0.1) is 0 Å². The quantitative estimate of drug-likeness (QED) is 0.886. The first-order valence-electron chi connectivity index (χ1n) is 8.89. The lowest BCUT2D eigenvalue weighted by atomic mass is 10.1. The lowest BCUT2D eigenvalue weighted by Gasteiger charge is -2.34. The number of rotatable bonds is 5. The minimum atomic E-state index is -0.131.